The fourth-order valence-corrected chi connectivity index (χ4v) is 1.88. The highest BCUT2D eigenvalue weighted by Crippen LogP contribution is 2.24. The smallest absolute Gasteiger partial charge is 0.141 e. The van der Waals surface area contributed by atoms with Gasteiger partial charge in [-0.3, -0.25) is 0 Å². The molecule has 0 atom stereocenters. The third kappa shape index (κ3) is 2.26. The Hall–Kier alpha value is -2.82. The number of benzene rings is 2. The monoisotopic (exact) mass is 251 g/mol. The molecule has 3 rings (SSSR count). The van der Waals surface area contributed by atoms with Gasteiger partial charge in [0.05, 0.1) is 5.52 Å². The molecule has 0 saturated carbocycles. The van der Waals surface area contributed by atoms with Crippen LogP contribution in [0.1, 0.15) is 0 Å². The van der Waals surface area contributed by atoms with E-state index < -0.39 is 0 Å². The van der Waals surface area contributed by atoms with E-state index in [0.717, 1.165) is 28.1 Å². The minimum Gasteiger partial charge on any atom is -0.399 e. The number of nitrogens with zero attached hydrogens (tertiary/aromatic N) is 2. The van der Waals surface area contributed by atoms with Crippen LogP contribution in [0.4, 0.5) is 22.9 Å². The average Bonchev–Trinajstić information content (AvgIpc) is 2.42. The van der Waals surface area contributed by atoms with Crippen molar-refractivity contribution >= 4 is 33.8 Å². The molecular formula is C14H13N5. The molecule has 0 bridgehead atoms. The van der Waals surface area contributed by atoms with Crippen LogP contribution in [0.5, 0.6) is 0 Å². The van der Waals surface area contributed by atoms with Gasteiger partial charge in [-0.15, -0.1) is 0 Å². The standard InChI is InChI=1S/C14H13N5/c15-9-1-4-11(5-2-9)19-14-12-7-10(16)3-6-13(12)17-8-18-14/h1-8H,15-16H2,(H,17,18,19). The van der Waals surface area contributed by atoms with Gasteiger partial charge in [0.15, 0.2) is 0 Å². The lowest BCUT2D eigenvalue weighted by molar-refractivity contribution is 1.22. The summed E-state index contributed by atoms with van der Waals surface area (Å²) in [4.78, 5) is 8.47. The second kappa shape index (κ2) is 4.45. The molecule has 3 aromatic rings. The predicted octanol–water partition coefficient (Wildman–Crippen LogP) is 2.54. The van der Waals surface area contributed by atoms with Crippen molar-refractivity contribution in [3.05, 3.63) is 48.8 Å². The minimum absolute atomic E-state index is 0.683. The van der Waals surface area contributed by atoms with Gasteiger partial charge < -0.3 is 16.8 Å². The maximum absolute atomic E-state index is 5.81. The third-order valence-corrected chi connectivity index (χ3v) is 2.83. The third-order valence-electron chi connectivity index (χ3n) is 2.83. The zero-order valence-electron chi connectivity index (χ0n) is 10.2. The molecule has 0 saturated heterocycles. The minimum atomic E-state index is 0.683. The lowest BCUT2D eigenvalue weighted by atomic mass is 10.2. The first-order valence-corrected chi connectivity index (χ1v) is 5.85. The van der Waals surface area contributed by atoms with Crippen molar-refractivity contribution < 1.29 is 0 Å². The molecule has 0 unspecified atom stereocenters. The Kier molecular flexibility index (Phi) is 2.64. The highest BCUT2D eigenvalue weighted by Gasteiger charge is 2.04. The number of hydrogen-bond donors (Lipinski definition) is 3. The van der Waals surface area contributed by atoms with E-state index in [2.05, 4.69) is 15.3 Å². The maximum atomic E-state index is 5.81. The lowest BCUT2D eigenvalue weighted by Crippen LogP contribution is -1.97. The summed E-state index contributed by atoms with van der Waals surface area (Å²) in [6.07, 6.45) is 1.53. The zero-order chi connectivity index (χ0) is 13.2. The van der Waals surface area contributed by atoms with E-state index in [-0.39, 0.29) is 0 Å². The molecule has 0 spiro atoms. The Morgan fingerprint density at radius 3 is 2.37 bits per heavy atom. The maximum Gasteiger partial charge on any atom is 0.141 e. The molecule has 0 aliphatic heterocycles. The van der Waals surface area contributed by atoms with Crippen LogP contribution >= 0.6 is 0 Å². The van der Waals surface area contributed by atoms with Gasteiger partial charge >= 0.3 is 0 Å². The van der Waals surface area contributed by atoms with Gasteiger partial charge in [-0.25, -0.2) is 9.97 Å². The highest BCUT2D eigenvalue weighted by atomic mass is 15.0. The molecular weight excluding hydrogens is 238 g/mol. The van der Waals surface area contributed by atoms with Crippen LogP contribution in [0.2, 0.25) is 0 Å². The Labute approximate surface area is 110 Å². The van der Waals surface area contributed by atoms with Crippen molar-refractivity contribution in [3.63, 3.8) is 0 Å². The Bertz CT molecular complexity index is 721. The van der Waals surface area contributed by atoms with Crippen molar-refractivity contribution in [1.29, 1.82) is 0 Å². The molecule has 0 aliphatic rings. The van der Waals surface area contributed by atoms with Crippen molar-refractivity contribution in [2.24, 2.45) is 0 Å². The topological polar surface area (TPSA) is 89.8 Å². The van der Waals surface area contributed by atoms with E-state index >= 15 is 0 Å². The molecule has 5 nitrogen and oxygen atoms in total. The van der Waals surface area contributed by atoms with Crippen molar-refractivity contribution in [3.8, 4) is 0 Å². The second-order valence-electron chi connectivity index (χ2n) is 4.25. The van der Waals surface area contributed by atoms with E-state index in [1.165, 1.54) is 6.33 Å². The Morgan fingerprint density at radius 1 is 0.842 bits per heavy atom. The number of fused-ring (bicyclic) bond motifs is 1. The fraction of sp³-hybridized carbons (Fsp3) is 0. The number of nitrogens with one attached hydrogen (secondary N) is 1. The molecule has 0 aliphatic carbocycles. The van der Waals surface area contributed by atoms with Gasteiger partial charge in [0.25, 0.3) is 0 Å². The van der Waals surface area contributed by atoms with Crippen molar-refractivity contribution in [1.82, 2.24) is 9.97 Å². The Balaban J connectivity index is 2.05. The van der Waals surface area contributed by atoms with Crippen LogP contribution < -0.4 is 16.8 Å². The number of nitrogens with two attached hydrogens (primary N) is 2. The van der Waals surface area contributed by atoms with E-state index in [4.69, 9.17) is 11.5 Å². The number of aromatic nitrogens is 2. The molecule has 1 aromatic heterocycles. The van der Waals surface area contributed by atoms with E-state index in [9.17, 15) is 0 Å². The number of hydrogen-bond acceptors (Lipinski definition) is 5. The summed E-state index contributed by atoms with van der Waals surface area (Å²) >= 11 is 0. The average molecular weight is 251 g/mol. The van der Waals surface area contributed by atoms with Crippen molar-refractivity contribution in [2.75, 3.05) is 16.8 Å². The van der Waals surface area contributed by atoms with Gasteiger partial charge in [0.2, 0.25) is 0 Å². The summed E-state index contributed by atoms with van der Waals surface area (Å²) in [5.74, 6) is 0.724. The highest BCUT2D eigenvalue weighted by molar-refractivity contribution is 5.92. The summed E-state index contributed by atoms with van der Waals surface area (Å²) in [7, 11) is 0. The SMILES string of the molecule is Nc1ccc(Nc2ncnc3ccc(N)cc23)cc1. The van der Waals surface area contributed by atoms with Gasteiger partial charge in [-0.05, 0) is 42.5 Å². The van der Waals surface area contributed by atoms with Gasteiger partial charge in [-0.2, -0.15) is 0 Å². The summed E-state index contributed by atoms with van der Waals surface area (Å²) in [5.41, 5.74) is 14.6. The molecule has 0 radical (unpaired) electrons. The first kappa shape index (κ1) is 11.3. The van der Waals surface area contributed by atoms with E-state index in [1.807, 2.05) is 42.5 Å². The van der Waals surface area contributed by atoms with Crippen molar-refractivity contribution in [2.45, 2.75) is 0 Å². The normalized spacial score (nSPS) is 10.5. The number of rotatable bonds is 2. The van der Waals surface area contributed by atoms with Crippen LogP contribution in [0, 0.1) is 0 Å². The van der Waals surface area contributed by atoms with E-state index in [0.29, 0.717) is 5.69 Å². The van der Waals surface area contributed by atoms with Gasteiger partial charge in [-0.1, -0.05) is 0 Å². The molecule has 5 heteroatoms. The second-order valence-corrected chi connectivity index (χ2v) is 4.25. The summed E-state index contributed by atoms with van der Waals surface area (Å²) in [5, 5.41) is 4.13. The largest absolute Gasteiger partial charge is 0.399 e. The Morgan fingerprint density at radius 2 is 1.58 bits per heavy atom. The lowest BCUT2D eigenvalue weighted by Gasteiger charge is -2.08. The zero-order valence-corrected chi connectivity index (χ0v) is 10.2. The molecule has 94 valence electrons. The van der Waals surface area contributed by atoms with Crippen LogP contribution in [-0.2, 0) is 0 Å². The summed E-state index contributed by atoms with van der Waals surface area (Å²) in [6, 6.07) is 13.0. The summed E-state index contributed by atoms with van der Waals surface area (Å²) in [6.45, 7) is 0. The van der Waals surface area contributed by atoms with Crippen LogP contribution in [0.15, 0.2) is 48.8 Å². The first-order chi connectivity index (χ1) is 9.22. The van der Waals surface area contributed by atoms with Crippen LogP contribution in [-0.4, -0.2) is 9.97 Å². The number of nitrogen functional groups attached to an aromatic ring is 2. The summed E-state index contributed by atoms with van der Waals surface area (Å²) < 4.78 is 0. The number of anilines is 4. The molecule has 2 aromatic carbocycles. The van der Waals surface area contributed by atoms with Crippen LogP contribution in [0.3, 0.4) is 0 Å². The predicted molar refractivity (Wildman–Crippen MR) is 78.1 cm³/mol. The fourth-order valence-electron chi connectivity index (χ4n) is 1.88. The van der Waals surface area contributed by atoms with Gasteiger partial charge in [0.1, 0.15) is 12.1 Å². The molecule has 19 heavy (non-hydrogen) atoms. The quantitative estimate of drug-likeness (QED) is 0.609. The molecule has 5 N–H and O–H groups in total. The molecule has 1 heterocycles. The first-order valence-electron chi connectivity index (χ1n) is 5.85. The van der Waals surface area contributed by atoms with E-state index in [1.54, 1.807) is 0 Å². The molecule has 0 fully saturated rings. The van der Waals surface area contributed by atoms with Crippen LogP contribution in [0.25, 0.3) is 10.9 Å². The van der Waals surface area contributed by atoms with Gasteiger partial charge in [0, 0.05) is 22.4 Å². The molecule has 0 amide bonds.